The molecule has 0 fully saturated rings. The number of furan rings is 1. The lowest BCUT2D eigenvalue weighted by molar-refractivity contribution is 0.669. The van der Waals surface area contributed by atoms with Crippen LogP contribution in [0.2, 0.25) is 39.3 Å². The maximum Gasteiger partial charge on any atom is 0.164 e. The topological polar surface area (TPSA) is 51.8 Å². The van der Waals surface area contributed by atoms with E-state index in [4.69, 9.17) is 19.4 Å². The Balaban J connectivity index is 1.01. The predicted octanol–water partition coefficient (Wildman–Crippen LogP) is 13.9. The van der Waals surface area contributed by atoms with Crippen molar-refractivity contribution in [1.29, 1.82) is 0 Å². The molecular weight excluding hydrogens is 811 g/mol. The number of aromatic nitrogens is 3. The number of benzene rings is 8. The van der Waals surface area contributed by atoms with Gasteiger partial charge in [0.1, 0.15) is 11.2 Å². The van der Waals surface area contributed by atoms with E-state index in [1.54, 1.807) is 0 Å². The lowest BCUT2D eigenvalue weighted by Gasteiger charge is -2.34. The zero-order valence-electron chi connectivity index (χ0n) is 37.1. The first-order valence-corrected chi connectivity index (χ1v) is 29.3. The van der Waals surface area contributed by atoms with Crippen LogP contribution in [0.15, 0.2) is 192 Å². The lowest BCUT2D eigenvalue weighted by Crippen LogP contribution is -2.37. The summed E-state index contributed by atoms with van der Waals surface area (Å²) in [5.74, 6) is 1.97. The summed E-state index contributed by atoms with van der Waals surface area (Å²) in [4.78, 5) is 15.4. The molecule has 6 heteroatoms. The molecule has 0 saturated heterocycles. The number of nitrogens with zero attached hydrogens (tertiary/aromatic N) is 3. The Bertz CT molecular complexity index is 3270. The van der Waals surface area contributed by atoms with Gasteiger partial charge in [-0.25, -0.2) is 15.0 Å². The van der Waals surface area contributed by atoms with Gasteiger partial charge in [0.05, 0.1) is 21.6 Å². The fraction of sp³-hybridized carbons (Fsp3) is 0.121. The first-order valence-electron chi connectivity index (χ1n) is 22.3. The number of hydrogen-bond donors (Lipinski definition) is 0. The lowest BCUT2D eigenvalue weighted by atomic mass is 9.67. The molecule has 2 aromatic heterocycles. The summed E-state index contributed by atoms with van der Waals surface area (Å²) in [6.45, 7) is 14.2. The molecule has 0 bridgehead atoms. The molecule has 2 heterocycles. The van der Waals surface area contributed by atoms with Crippen LogP contribution in [-0.2, 0) is 5.41 Å². The highest BCUT2D eigenvalue weighted by Crippen LogP contribution is 2.56. The summed E-state index contributed by atoms with van der Waals surface area (Å²) < 4.78 is 6.65. The standard InChI is InChI=1S/C58H49N3OSi2/c1-63(2,3)45-28-21-38(22-29-45)55-59-56(39-23-30-46(31-24-39)64(4,5)6)61-57(60-55)42-27-34-53-50(35-42)49-33-26-41(37-54(49)62-53)40-25-32-48-47-19-13-14-20-51(47)58(52(48)36-40,43-15-9-7-10-16-43)44-17-11-8-12-18-44/h7-37H,1-6H3. The van der Waals surface area contributed by atoms with E-state index in [1.165, 1.54) is 43.8 Å². The molecule has 0 amide bonds. The predicted molar refractivity (Wildman–Crippen MR) is 272 cm³/mol. The fourth-order valence-electron chi connectivity index (χ4n) is 9.72. The van der Waals surface area contributed by atoms with Gasteiger partial charge in [-0.1, -0.05) is 201 Å². The van der Waals surface area contributed by atoms with E-state index >= 15 is 0 Å². The Labute approximate surface area is 377 Å². The van der Waals surface area contributed by atoms with Crippen molar-refractivity contribution < 1.29 is 4.42 Å². The van der Waals surface area contributed by atoms with Crippen LogP contribution in [0.5, 0.6) is 0 Å². The zero-order valence-corrected chi connectivity index (χ0v) is 39.1. The molecule has 1 aliphatic rings. The number of fused-ring (bicyclic) bond motifs is 6. The van der Waals surface area contributed by atoms with Crippen molar-refractivity contribution in [1.82, 2.24) is 15.0 Å². The summed E-state index contributed by atoms with van der Waals surface area (Å²) in [6, 6.07) is 68.4. The molecule has 11 rings (SSSR count). The second-order valence-electron chi connectivity index (χ2n) is 19.3. The van der Waals surface area contributed by atoms with Crippen LogP contribution in [0.3, 0.4) is 0 Å². The second kappa shape index (κ2) is 15.1. The molecule has 310 valence electrons. The Hall–Kier alpha value is -7.00. The Morgan fingerprint density at radius 1 is 0.359 bits per heavy atom. The van der Waals surface area contributed by atoms with Gasteiger partial charge < -0.3 is 4.42 Å². The number of rotatable bonds is 8. The molecule has 0 saturated carbocycles. The summed E-state index contributed by atoms with van der Waals surface area (Å²) in [5, 5.41) is 4.89. The average Bonchev–Trinajstić information content (AvgIpc) is 3.84. The smallest absolute Gasteiger partial charge is 0.164 e. The maximum atomic E-state index is 6.65. The Morgan fingerprint density at radius 2 is 0.828 bits per heavy atom. The molecule has 4 nitrogen and oxygen atoms in total. The van der Waals surface area contributed by atoms with Crippen LogP contribution >= 0.6 is 0 Å². The molecule has 0 radical (unpaired) electrons. The van der Waals surface area contributed by atoms with Crippen molar-refractivity contribution in [3.8, 4) is 56.4 Å². The van der Waals surface area contributed by atoms with Crippen molar-refractivity contribution in [2.45, 2.75) is 44.7 Å². The third-order valence-electron chi connectivity index (χ3n) is 13.2. The van der Waals surface area contributed by atoms with Crippen LogP contribution < -0.4 is 10.4 Å². The van der Waals surface area contributed by atoms with Crippen molar-refractivity contribution >= 4 is 48.5 Å². The Morgan fingerprint density at radius 3 is 1.41 bits per heavy atom. The van der Waals surface area contributed by atoms with Crippen LogP contribution in [0, 0.1) is 0 Å². The van der Waals surface area contributed by atoms with Gasteiger partial charge in [-0.05, 0) is 80.9 Å². The van der Waals surface area contributed by atoms with E-state index in [0.29, 0.717) is 17.5 Å². The highest BCUT2D eigenvalue weighted by Gasteiger charge is 2.46. The molecule has 64 heavy (non-hydrogen) atoms. The van der Waals surface area contributed by atoms with Crippen LogP contribution in [0.25, 0.3) is 78.4 Å². The molecule has 10 aromatic rings. The minimum Gasteiger partial charge on any atom is -0.456 e. The second-order valence-corrected chi connectivity index (χ2v) is 29.4. The molecule has 0 N–H and O–H groups in total. The van der Waals surface area contributed by atoms with Gasteiger partial charge in [0.15, 0.2) is 17.5 Å². The van der Waals surface area contributed by atoms with Gasteiger partial charge in [-0.2, -0.15) is 0 Å². The number of hydrogen-bond acceptors (Lipinski definition) is 4. The third kappa shape index (κ3) is 6.68. The van der Waals surface area contributed by atoms with Crippen LogP contribution in [-0.4, -0.2) is 31.1 Å². The normalized spacial score (nSPS) is 13.3. The monoisotopic (exact) mass is 859 g/mol. The summed E-state index contributed by atoms with van der Waals surface area (Å²) >= 11 is 0. The first kappa shape index (κ1) is 39.8. The van der Waals surface area contributed by atoms with Crippen LogP contribution in [0.4, 0.5) is 0 Å². The molecule has 0 atom stereocenters. The van der Waals surface area contributed by atoms with Gasteiger partial charge in [0.25, 0.3) is 0 Å². The van der Waals surface area contributed by atoms with Crippen molar-refractivity contribution in [2.75, 3.05) is 0 Å². The first-order chi connectivity index (χ1) is 30.9. The van der Waals surface area contributed by atoms with Gasteiger partial charge in [0.2, 0.25) is 0 Å². The summed E-state index contributed by atoms with van der Waals surface area (Å²) in [6.07, 6.45) is 0. The van der Waals surface area contributed by atoms with Crippen molar-refractivity contribution in [3.05, 3.63) is 210 Å². The highest BCUT2D eigenvalue weighted by atomic mass is 28.3. The highest BCUT2D eigenvalue weighted by molar-refractivity contribution is 6.89. The zero-order chi connectivity index (χ0) is 43.8. The summed E-state index contributed by atoms with van der Waals surface area (Å²) in [7, 11) is -2.95. The molecular formula is C58H49N3OSi2. The molecule has 8 aromatic carbocycles. The van der Waals surface area contributed by atoms with E-state index in [9.17, 15) is 0 Å². The van der Waals surface area contributed by atoms with Gasteiger partial charge >= 0.3 is 0 Å². The van der Waals surface area contributed by atoms with E-state index in [-0.39, 0.29) is 0 Å². The maximum absolute atomic E-state index is 6.65. The van der Waals surface area contributed by atoms with Crippen LogP contribution in [0.1, 0.15) is 22.3 Å². The molecule has 0 unspecified atom stereocenters. The van der Waals surface area contributed by atoms with E-state index in [2.05, 4.69) is 227 Å². The quantitative estimate of drug-likeness (QED) is 0.143. The Kier molecular flexibility index (Phi) is 9.38. The SMILES string of the molecule is C[Si](C)(C)c1ccc(-c2nc(-c3ccc([Si](C)(C)C)cc3)nc(-c3ccc4oc5cc(-c6ccc7c(c6)C(c6ccccc6)(c6ccccc6)c6ccccc6-7)ccc5c4c3)n2)cc1. The molecule has 0 aliphatic heterocycles. The molecule has 1 aliphatic carbocycles. The third-order valence-corrected chi connectivity index (χ3v) is 17.3. The minimum atomic E-state index is -1.48. The fourth-order valence-corrected chi connectivity index (χ4v) is 12.1. The van der Waals surface area contributed by atoms with Gasteiger partial charge in [-0.3, -0.25) is 0 Å². The largest absolute Gasteiger partial charge is 0.456 e. The minimum absolute atomic E-state index is 0.464. The summed E-state index contributed by atoms with van der Waals surface area (Å²) in [5.41, 5.74) is 14.0. The van der Waals surface area contributed by atoms with Crippen molar-refractivity contribution in [2.24, 2.45) is 0 Å². The van der Waals surface area contributed by atoms with Gasteiger partial charge in [0, 0.05) is 27.5 Å². The van der Waals surface area contributed by atoms with E-state index < -0.39 is 21.6 Å². The van der Waals surface area contributed by atoms with Gasteiger partial charge in [-0.15, -0.1) is 0 Å². The molecule has 0 spiro atoms. The van der Waals surface area contributed by atoms with E-state index in [1.807, 2.05) is 0 Å². The van der Waals surface area contributed by atoms with Crippen molar-refractivity contribution in [3.63, 3.8) is 0 Å². The van der Waals surface area contributed by atoms with E-state index in [0.717, 1.165) is 49.8 Å². The average molecular weight is 860 g/mol.